The Hall–Kier alpha value is -1.80. The quantitative estimate of drug-likeness (QED) is 0.913. The molecule has 1 aliphatic rings. The Morgan fingerprint density at radius 1 is 1.29 bits per heavy atom. The maximum absolute atomic E-state index is 11.8. The van der Waals surface area contributed by atoms with E-state index in [2.05, 4.69) is 20.2 Å². The molecule has 0 radical (unpaired) electrons. The van der Waals surface area contributed by atoms with Gasteiger partial charge in [0.2, 0.25) is 10.0 Å². The molecule has 1 aliphatic heterocycles. The number of nitrogens with zero attached hydrogens (tertiary/aromatic N) is 4. The molecule has 0 saturated carbocycles. The number of nitrogens with one attached hydrogen (secondary N) is 1. The second kappa shape index (κ2) is 5.53. The minimum absolute atomic E-state index is 0.0560. The van der Waals surface area contributed by atoms with Crippen LogP contribution in [0.15, 0.2) is 24.7 Å². The van der Waals surface area contributed by atoms with Gasteiger partial charge in [0.15, 0.2) is 0 Å². The molecule has 0 aliphatic carbocycles. The molecule has 0 unspecified atom stereocenters. The number of H-pyrrole nitrogens is 1. The van der Waals surface area contributed by atoms with Crippen molar-refractivity contribution in [2.45, 2.75) is 18.8 Å². The van der Waals surface area contributed by atoms with E-state index in [1.807, 2.05) is 6.07 Å². The second-order valence-electron chi connectivity index (χ2n) is 5.22. The van der Waals surface area contributed by atoms with Gasteiger partial charge >= 0.3 is 0 Å². The van der Waals surface area contributed by atoms with Gasteiger partial charge in [-0.25, -0.2) is 12.7 Å². The first-order chi connectivity index (χ1) is 10.1. The largest absolute Gasteiger partial charge is 0.276 e. The molecule has 1 fully saturated rings. The predicted molar refractivity (Wildman–Crippen MR) is 78.0 cm³/mol. The topological polar surface area (TPSA) is 91.8 Å². The Balaban J connectivity index is 1.94. The number of hydrogen-bond acceptors (Lipinski definition) is 5. The maximum atomic E-state index is 11.8. The number of hydrogen-bond donors (Lipinski definition) is 1. The maximum Gasteiger partial charge on any atom is 0.211 e. The smallest absolute Gasteiger partial charge is 0.211 e. The van der Waals surface area contributed by atoms with Gasteiger partial charge < -0.3 is 0 Å². The van der Waals surface area contributed by atoms with Gasteiger partial charge in [-0.1, -0.05) is 0 Å². The third kappa shape index (κ3) is 2.96. The molecule has 1 N–H and O–H groups in total. The SMILES string of the molecule is CS(=O)(=O)N1CCC[C@@H](c2nccnc2-c2ccn[nH]2)C1. The van der Waals surface area contributed by atoms with E-state index in [-0.39, 0.29) is 5.92 Å². The van der Waals surface area contributed by atoms with Crippen molar-refractivity contribution in [1.29, 1.82) is 0 Å². The third-order valence-corrected chi connectivity index (χ3v) is 4.99. The molecule has 0 aromatic carbocycles. The van der Waals surface area contributed by atoms with Crippen LogP contribution < -0.4 is 0 Å². The lowest BCUT2D eigenvalue weighted by Crippen LogP contribution is -2.38. The lowest BCUT2D eigenvalue weighted by atomic mass is 9.93. The van der Waals surface area contributed by atoms with Gasteiger partial charge in [0.05, 0.1) is 17.6 Å². The van der Waals surface area contributed by atoms with Crippen LogP contribution in [-0.2, 0) is 10.0 Å². The molecule has 2 aromatic rings. The molecule has 0 amide bonds. The summed E-state index contributed by atoms with van der Waals surface area (Å²) in [6.45, 7) is 1.04. The van der Waals surface area contributed by atoms with Crippen molar-refractivity contribution in [3.8, 4) is 11.4 Å². The van der Waals surface area contributed by atoms with Crippen molar-refractivity contribution in [3.63, 3.8) is 0 Å². The number of aromatic nitrogens is 4. The van der Waals surface area contributed by atoms with Crippen LogP contribution in [0.2, 0.25) is 0 Å². The van der Waals surface area contributed by atoms with Crippen molar-refractivity contribution >= 4 is 10.0 Å². The predicted octanol–water partition coefficient (Wildman–Crippen LogP) is 1.01. The molecule has 7 nitrogen and oxygen atoms in total. The van der Waals surface area contributed by atoms with E-state index in [1.54, 1.807) is 18.6 Å². The normalized spacial score (nSPS) is 20.5. The fraction of sp³-hybridized carbons (Fsp3) is 0.462. The monoisotopic (exact) mass is 307 g/mol. The minimum atomic E-state index is -3.17. The summed E-state index contributed by atoms with van der Waals surface area (Å²) < 4.78 is 25.0. The Labute approximate surface area is 123 Å². The summed E-state index contributed by atoms with van der Waals surface area (Å²) in [5, 5.41) is 6.83. The van der Waals surface area contributed by atoms with Crippen molar-refractivity contribution in [2.75, 3.05) is 19.3 Å². The van der Waals surface area contributed by atoms with E-state index in [1.165, 1.54) is 10.6 Å². The van der Waals surface area contributed by atoms with E-state index < -0.39 is 10.0 Å². The third-order valence-electron chi connectivity index (χ3n) is 3.72. The average Bonchev–Trinajstić information content (AvgIpc) is 3.01. The molecular weight excluding hydrogens is 290 g/mol. The van der Waals surface area contributed by atoms with Crippen LogP contribution in [0.5, 0.6) is 0 Å². The Morgan fingerprint density at radius 2 is 2.10 bits per heavy atom. The first-order valence-corrected chi connectivity index (χ1v) is 8.66. The number of piperidine rings is 1. The Kier molecular flexibility index (Phi) is 3.73. The lowest BCUT2D eigenvalue weighted by Gasteiger charge is -2.31. The zero-order valence-electron chi connectivity index (χ0n) is 11.7. The van der Waals surface area contributed by atoms with Crippen LogP contribution >= 0.6 is 0 Å². The Bertz CT molecular complexity index is 714. The fourth-order valence-electron chi connectivity index (χ4n) is 2.71. The summed E-state index contributed by atoms with van der Waals surface area (Å²) in [7, 11) is -3.17. The summed E-state index contributed by atoms with van der Waals surface area (Å²) in [4.78, 5) is 8.82. The molecule has 8 heteroatoms. The summed E-state index contributed by atoms with van der Waals surface area (Å²) in [5.74, 6) is 0.0560. The van der Waals surface area contributed by atoms with Crippen LogP contribution in [0.4, 0.5) is 0 Å². The van der Waals surface area contributed by atoms with Crippen molar-refractivity contribution in [2.24, 2.45) is 0 Å². The highest BCUT2D eigenvalue weighted by Crippen LogP contribution is 2.31. The summed E-state index contributed by atoms with van der Waals surface area (Å²) in [5.41, 5.74) is 2.38. The van der Waals surface area contributed by atoms with Gasteiger partial charge in [-0.3, -0.25) is 15.1 Å². The molecule has 1 saturated heterocycles. The van der Waals surface area contributed by atoms with E-state index in [0.717, 1.165) is 29.9 Å². The number of aromatic amines is 1. The first-order valence-electron chi connectivity index (χ1n) is 6.81. The van der Waals surface area contributed by atoms with Crippen LogP contribution in [0.3, 0.4) is 0 Å². The molecule has 2 aromatic heterocycles. The van der Waals surface area contributed by atoms with Crippen molar-refractivity contribution < 1.29 is 8.42 Å². The van der Waals surface area contributed by atoms with Gasteiger partial charge in [-0.05, 0) is 18.9 Å². The number of sulfonamides is 1. The molecule has 21 heavy (non-hydrogen) atoms. The molecular formula is C13H17N5O2S. The van der Waals surface area contributed by atoms with Gasteiger partial charge in [-0.2, -0.15) is 5.10 Å². The van der Waals surface area contributed by atoms with E-state index in [0.29, 0.717) is 13.1 Å². The van der Waals surface area contributed by atoms with Gasteiger partial charge in [0, 0.05) is 37.6 Å². The molecule has 1 atom stereocenters. The highest BCUT2D eigenvalue weighted by Gasteiger charge is 2.29. The van der Waals surface area contributed by atoms with E-state index in [4.69, 9.17) is 0 Å². The lowest BCUT2D eigenvalue weighted by molar-refractivity contribution is 0.314. The zero-order chi connectivity index (χ0) is 14.9. The molecule has 112 valence electrons. The van der Waals surface area contributed by atoms with E-state index in [9.17, 15) is 8.42 Å². The molecule has 0 spiro atoms. The zero-order valence-corrected chi connectivity index (χ0v) is 12.5. The first kappa shape index (κ1) is 14.2. The summed E-state index contributed by atoms with van der Waals surface area (Å²) in [6, 6.07) is 1.84. The fourth-order valence-corrected chi connectivity index (χ4v) is 3.62. The molecule has 3 rings (SSSR count). The Morgan fingerprint density at radius 3 is 2.81 bits per heavy atom. The van der Waals surface area contributed by atoms with Crippen molar-refractivity contribution in [1.82, 2.24) is 24.5 Å². The van der Waals surface area contributed by atoms with Gasteiger partial charge in [0.25, 0.3) is 0 Å². The summed E-state index contributed by atoms with van der Waals surface area (Å²) >= 11 is 0. The van der Waals surface area contributed by atoms with Gasteiger partial charge in [-0.15, -0.1) is 0 Å². The summed E-state index contributed by atoms with van der Waals surface area (Å²) in [6.07, 6.45) is 7.94. The van der Waals surface area contributed by atoms with Crippen molar-refractivity contribution in [3.05, 3.63) is 30.4 Å². The van der Waals surface area contributed by atoms with Crippen LogP contribution in [-0.4, -0.2) is 52.2 Å². The van der Waals surface area contributed by atoms with Crippen LogP contribution in [0.25, 0.3) is 11.4 Å². The molecule has 0 bridgehead atoms. The van der Waals surface area contributed by atoms with Crippen LogP contribution in [0, 0.1) is 0 Å². The molecule has 3 heterocycles. The van der Waals surface area contributed by atoms with Crippen LogP contribution in [0.1, 0.15) is 24.5 Å². The highest BCUT2D eigenvalue weighted by atomic mass is 32.2. The van der Waals surface area contributed by atoms with E-state index >= 15 is 0 Å². The second-order valence-corrected chi connectivity index (χ2v) is 7.20. The van der Waals surface area contributed by atoms with Gasteiger partial charge in [0.1, 0.15) is 5.69 Å². The standard InChI is InChI=1S/C13H17N5O2S/c1-21(19,20)18-8-2-3-10(9-18)12-13(15-7-6-14-12)11-4-5-16-17-11/h4-7,10H,2-3,8-9H2,1H3,(H,16,17)/t10-/m1/s1. The average molecular weight is 307 g/mol. The minimum Gasteiger partial charge on any atom is -0.276 e. The number of rotatable bonds is 3. The highest BCUT2D eigenvalue weighted by molar-refractivity contribution is 7.88.